The van der Waals surface area contributed by atoms with E-state index in [9.17, 15) is 0 Å². The Kier molecular flexibility index (Phi) is 12.4. The Bertz CT molecular complexity index is 759. The Balaban J connectivity index is 0.00000129. The van der Waals surface area contributed by atoms with Crippen molar-refractivity contribution < 1.29 is 13.1 Å². The molecule has 195 valence electrons. The van der Waals surface area contributed by atoms with Crippen LogP contribution < -0.4 is 0 Å². The first-order chi connectivity index (χ1) is 16.0. The first-order valence-electron chi connectivity index (χ1n) is 13.0. The molecule has 6 heteroatoms. The van der Waals surface area contributed by atoms with Crippen LogP contribution in [0.4, 0.5) is 0 Å². The molecule has 2 fully saturated rings. The fourth-order valence-electron chi connectivity index (χ4n) is 6.12. The quantitative estimate of drug-likeness (QED) is 0.266. The molecule has 0 spiro atoms. The fraction of sp³-hybridized carbons (Fsp3) is 0.786. The van der Waals surface area contributed by atoms with Crippen molar-refractivity contribution in [3.63, 3.8) is 0 Å². The Hall–Kier alpha value is -0.121. The molecule has 0 bridgehead atoms. The Labute approximate surface area is 224 Å². The molecule has 3 atom stereocenters. The van der Waals surface area contributed by atoms with Gasteiger partial charge in [0.1, 0.15) is 0 Å². The second-order valence-electron chi connectivity index (χ2n) is 11.9. The first kappa shape index (κ1) is 30.1. The number of aliphatic imine (C=N–C) groups is 1. The van der Waals surface area contributed by atoms with Gasteiger partial charge >= 0.3 is 33.3 Å². The van der Waals surface area contributed by atoms with E-state index in [-0.39, 0.29) is 19.2 Å². The van der Waals surface area contributed by atoms with Crippen LogP contribution >= 0.6 is 20.2 Å². The normalized spacial score (nSPS) is 31.4. The third-order valence-electron chi connectivity index (χ3n) is 7.98. The summed E-state index contributed by atoms with van der Waals surface area (Å²) in [7, 11) is 9.53. The average molecular weight is 551 g/mol. The minimum absolute atomic E-state index is 0.150. The number of rotatable bonds is 5. The van der Waals surface area contributed by atoms with Crippen LogP contribution in [0, 0.1) is 29.1 Å². The third kappa shape index (κ3) is 9.07. The van der Waals surface area contributed by atoms with Crippen molar-refractivity contribution >= 4 is 25.9 Å². The van der Waals surface area contributed by atoms with Gasteiger partial charge in [0.2, 0.25) is 0 Å². The standard InChI is InChI=1S/C28H46N3.2ClH.Fe/c1-18-16-19(2)27(20(3)17-18)30-22(5)26-11-9-10-25(31-26)21(4)29-24-14-12-23(13-15-24)28(6,7)8;;;/h9-11,18-21,23-24,27H,12-17H2,1-8H3;2*1H;/q-1;;;+3/p-2. The monoisotopic (exact) mass is 550 g/mol. The third-order valence-corrected chi connectivity index (χ3v) is 7.98. The van der Waals surface area contributed by atoms with Crippen molar-refractivity contribution in [2.45, 2.75) is 112 Å². The summed E-state index contributed by atoms with van der Waals surface area (Å²) in [6, 6.07) is 7.44. The van der Waals surface area contributed by atoms with Crippen molar-refractivity contribution in [1.29, 1.82) is 0 Å². The maximum atomic E-state index is 5.17. The number of hydrogen-bond donors (Lipinski definition) is 0. The van der Waals surface area contributed by atoms with Gasteiger partial charge in [0, 0.05) is 5.69 Å². The van der Waals surface area contributed by atoms with Gasteiger partial charge in [0.25, 0.3) is 0 Å². The van der Waals surface area contributed by atoms with Crippen molar-refractivity contribution in [2.24, 2.45) is 34.1 Å². The van der Waals surface area contributed by atoms with E-state index in [0.29, 0.717) is 29.3 Å². The summed E-state index contributed by atoms with van der Waals surface area (Å²) in [5, 5.41) is 5.17. The molecule has 2 saturated carbocycles. The Morgan fingerprint density at radius 3 is 2.15 bits per heavy atom. The zero-order chi connectivity index (χ0) is 25.5. The number of aromatic nitrogens is 1. The van der Waals surface area contributed by atoms with Crippen LogP contribution in [0.15, 0.2) is 23.2 Å². The van der Waals surface area contributed by atoms with E-state index in [4.69, 9.17) is 35.5 Å². The van der Waals surface area contributed by atoms with Crippen molar-refractivity contribution in [1.82, 2.24) is 4.98 Å². The summed E-state index contributed by atoms with van der Waals surface area (Å²) in [5.74, 6) is 2.95. The van der Waals surface area contributed by atoms with Gasteiger partial charge in [-0.3, -0.25) is 9.98 Å². The van der Waals surface area contributed by atoms with Gasteiger partial charge in [-0.1, -0.05) is 86.3 Å². The summed E-state index contributed by atoms with van der Waals surface area (Å²) in [6.45, 7) is 18.6. The van der Waals surface area contributed by atoms with Gasteiger partial charge in [-0.15, -0.1) is 6.04 Å². The van der Waals surface area contributed by atoms with Crippen LogP contribution in [0.1, 0.15) is 111 Å². The molecule has 0 radical (unpaired) electrons. The topological polar surface area (TPSA) is 39.4 Å². The molecule has 0 aromatic carbocycles. The first-order valence-corrected chi connectivity index (χ1v) is 16.1. The maximum absolute atomic E-state index is 5.17. The van der Waals surface area contributed by atoms with Crippen LogP contribution in [0.2, 0.25) is 0 Å². The van der Waals surface area contributed by atoms with E-state index < -0.39 is 0 Å². The molecule has 1 heterocycles. The molecule has 3 nitrogen and oxygen atoms in total. The van der Waals surface area contributed by atoms with Crippen molar-refractivity contribution in [2.75, 3.05) is 0 Å². The molecule has 0 amide bonds. The molecular weight excluding hydrogens is 505 g/mol. The summed E-state index contributed by atoms with van der Waals surface area (Å²) in [5.41, 5.74) is 3.62. The van der Waals surface area contributed by atoms with E-state index in [0.717, 1.165) is 28.9 Å². The molecule has 34 heavy (non-hydrogen) atoms. The van der Waals surface area contributed by atoms with Gasteiger partial charge in [-0.25, -0.2) is 0 Å². The Morgan fingerprint density at radius 1 is 1.06 bits per heavy atom. The summed E-state index contributed by atoms with van der Waals surface area (Å²) >= 11 is 0.194. The van der Waals surface area contributed by atoms with Crippen LogP contribution in [0.5, 0.6) is 0 Å². The number of pyridine rings is 1. The molecule has 0 aliphatic heterocycles. The van der Waals surface area contributed by atoms with E-state index in [1.165, 1.54) is 38.5 Å². The van der Waals surface area contributed by atoms with Crippen molar-refractivity contribution in [3.05, 3.63) is 34.9 Å². The van der Waals surface area contributed by atoms with E-state index in [1.807, 2.05) is 0 Å². The van der Waals surface area contributed by atoms with Crippen LogP contribution in [-0.2, 0) is 13.1 Å². The van der Waals surface area contributed by atoms with E-state index in [1.54, 1.807) is 0 Å². The number of nitrogens with zero attached hydrogens (tertiary/aromatic N) is 3. The molecule has 1 aromatic heterocycles. The average Bonchev–Trinajstić information content (AvgIpc) is 2.76. The van der Waals surface area contributed by atoms with Crippen molar-refractivity contribution in [3.8, 4) is 0 Å². The molecule has 1 aromatic rings. The summed E-state index contributed by atoms with van der Waals surface area (Å²) < 4.78 is 0. The molecule has 0 saturated heterocycles. The number of hydrogen-bond acceptors (Lipinski definition) is 2. The second kappa shape index (κ2) is 14.0. The van der Waals surface area contributed by atoms with Gasteiger partial charge in [-0.2, -0.15) is 0 Å². The fourth-order valence-corrected chi connectivity index (χ4v) is 6.12. The SMILES string of the molecule is CC(=NC1C(C)CC(C)CC1C)c1cccc(C(C)[N-]C2CCC(C(C)(C)C)CC2)n1.[Cl][Fe+][Cl]. The van der Waals surface area contributed by atoms with Crippen LogP contribution in [-0.4, -0.2) is 22.8 Å². The predicted molar refractivity (Wildman–Crippen MR) is 146 cm³/mol. The molecule has 3 unspecified atom stereocenters. The van der Waals surface area contributed by atoms with Crippen LogP contribution in [0.25, 0.3) is 5.32 Å². The minimum atomic E-state index is 0.150. The van der Waals surface area contributed by atoms with E-state index >= 15 is 0 Å². The summed E-state index contributed by atoms with van der Waals surface area (Å²) in [4.78, 5) is 10.2. The van der Waals surface area contributed by atoms with Crippen LogP contribution in [0.3, 0.4) is 0 Å². The summed E-state index contributed by atoms with van der Waals surface area (Å²) in [6.07, 6.45) is 7.63. The molecular formula is C28H46Cl2FeN3. The van der Waals surface area contributed by atoms with E-state index in [2.05, 4.69) is 73.6 Å². The molecule has 2 aliphatic rings. The zero-order valence-electron chi connectivity index (χ0n) is 22.5. The molecule has 0 N–H and O–H groups in total. The zero-order valence-corrected chi connectivity index (χ0v) is 25.1. The Morgan fingerprint density at radius 2 is 1.62 bits per heavy atom. The molecule has 3 rings (SSSR count). The van der Waals surface area contributed by atoms with Gasteiger partial charge in [0.15, 0.2) is 0 Å². The predicted octanol–water partition coefficient (Wildman–Crippen LogP) is 9.38. The number of halogens is 2. The van der Waals surface area contributed by atoms with Gasteiger partial charge in [-0.05, 0) is 61.0 Å². The van der Waals surface area contributed by atoms with Gasteiger partial charge < -0.3 is 5.32 Å². The van der Waals surface area contributed by atoms with Gasteiger partial charge in [0.05, 0.1) is 17.4 Å². The second-order valence-corrected chi connectivity index (χ2v) is 13.8. The molecule has 2 aliphatic carbocycles.